The molecule has 15 heavy (non-hydrogen) atoms. The molecule has 1 unspecified atom stereocenters. The summed E-state index contributed by atoms with van der Waals surface area (Å²) in [7, 11) is 0. The van der Waals surface area contributed by atoms with Gasteiger partial charge in [-0.1, -0.05) is 28.1 Å². The van der Waals surface area contributed by atoms with E-state index in [0.29, 0.717) is 0 Å². The van der Waals surface area contributed by atoms with Crippen LogP contribution in [0.3, 0.4) is 0 Å². The first-order valence-corrected chi connectivity index (χ1v) is 5.53. The Hall–Kier alpha value is -0.850. The molecule has 1 rings (SSSR count). The highest BCUT2D eigenvalue weighted by molar-refractivity contribution is 9.10. The Morgan fingerprint density at radius 1 is 1.47 bits per heavy atom. The van der Waals surface area contributed by atoms with Gasteiger partial charge in [0.1, 0.15) is 0 Å². The van der Waals surface area contributed by atoms with E-state index >= 15 is 0 Å². The summed E-state index contributed by atoms with van der Waals surface area (Å²) in [5.41, 5.74) is 1.09. The van der Waals surface area contributed by atoms with E-state index in [2.05, 4.69) is 22.0 Å². The van der Waals surface area contributed by atoms with Crippen LogP contribution in [0, 0.1) is 23.7 Å². The average molecular weight is 268 g/mol. The maximum atomic E-state index is 10.1. The van der Waals surface area contributed by atoms with Gasteiger partial charge in [0, 0.05) is 4.47 Å². The van der Waals surface area contributed by atoms with E-state index in [1.807, 2.05) is 25.1 Å². The van der Waals surface area contributed by atoms with Crippen molar-refractivity contribution in [2.24, 2.45) is 5.41 Å². The van der Waals surface area contributed by atoms with Crippen LogP contribution in [-0.4, -0.2) is 5.11 Å². The van der Waals surface area contributed by atoms with E-state index in [1.54, 1.807) is 13.8 Å². The Balaban J connectivity index is 3.13. The van der Waals surface area contributed by atoms with Gasteiger partial charge in [0.25, 0.3) is 0 Å². The number of aliphatic hydroxyl groups excluding tert-OH is 1. The van der Waals surface area contributed by atoms with Gasteiger partial charge in [-0.3, -0.25) is 0 Å². The van der Waals surface area contributed by atoms with Crippen molar-refractivity contribution in [3.05, 3.63) is 33.8 Å². The van der Waals surface area contributed by atoms with Crippen molar-refractivity contribution in [1.29, 1.82) is 5.26 Å². The molecular weight excluding hydrogens is 254 g/mol. The lowest BCUT2D eigenvalue weighted by molar-refractivity contribution is 0.0861. The predicted molar refractivity (Wildman–Crippen MR) is 63.2 cm³/mol. The third kappa shape index (κ3) is 2.58. The first-order chi connectivity index (χ1) is 6.88. The summed E-state index contributed by atoms with van der Waals surface area (Å²) in [6.07, 6.45) is -0.780. The molecule has 1 N–H and O–H groups in total. The topological polar surface area (TPSA) is 44.0 Å². The first-order valence-electron chi connectivity index (χ1n) is 4.74. The monoisotopic (exact) mass is 267 g/mol. The Kier molecular flexibility index (Phi) is 3.54. The highest BCUT2D eigenvalue weighted by Gasteiger charge is 2.30. The summed E-state index contributed by atoms with van der Waals surface area (Å²) in [5, 5.41) is 19.0. The summed E-state index contributed by atoms with van der Waals surface area (Å²) in [4.78, 5) is 0. The number of hydrogen-bond acceptors (Lipinski definition) is 2. The minimum Gasteiger partial charge on any atom is -0.387 e. The fourth-order valence-electron chi connectivity index (χ4n) is 1.30. The standard InChI is InChI=1S/C12H14BrNO/c1-8-4-5-9(10(13)6-8)11(15)12(2,3)7-14/h4-6,11,15H,1-3H3. The number of aryl methyl sites for hydroxylation is 1. The SMILES string of the molecule is Cc1ccc(C(O)C(C)(C)C#N)c(Br)c1. The highest BCUT2D eigenvalue weighted by Crippen LogP contribution is 2.36. The second-order valence-electron chi connectivity index (χ2n) is 4.26. The van der Waals surface area contributed by atoms with Crippen LogP contribution in [0.1, 0.15) is 31.1 Å². The molecule has 1 atom stereocenters. The lowest BCUT2D eigenvalue weighted by Gasteiger charge is -2.24. The molecule has 2 nitrogen and oxygen atoms in total. The summed E-state index contributed by atoms with van der Waals surface area (Å²) >= 11 is 3.40. The van der Waals surface area contributed by atoms with Gasteiger partial charge >= 0.3 is 0 Å². The quantitative estimate of drug-likeness (QED) is 0.893. The molecule has 1 aromatic carbocycles. The normalized spacial score (nSPS) is 13.3. The summed E-state index contributed by atoms with van der Waals surface area (Å²) in [5.74, 6) is 0. The molecule has 0 aliphatic heterocycles. The van der Waals surface area contributed by atoms with Gasteiger partial charge in [-0.2, -0.15) is 5.26 Å². The maximum absolute atomic E-state index is 10.1. The molecule has 0 saturated carbocycles. The molecule has 0 fully saturated rings. The van der Waals surface area contributed by atoms with Crippen molar-refractivity contribution in [3.8, 4) is 6.07 Å². The Morgan fingerprint density at radius 3 is 2.53 bits per heavy atom. The molecule has 0 spiro atoms. The lowest BCUT2D eigenvalue weighted by Crippen LogP contribution is -2.20. The smallest absolute Gasteiger partial charge is 0.0981 e. The van der Waals surface area contributed by atoms with Crippen LogP contribution in [-0.2, 0) is 0 Å². The van der Waals surface area contributed by atoms with Crippen LogP contribution in [0.2, 0.25) is 0 Å². The Labute approximate surface area is 98.7 Å². The average Bonchev–Trinajstić information content (AvgIpc) is 2.17. The number of rotatable bonds is 2. The number of hydrogen-bond donors (Lipinski definition) is 1. The molecule has 0 amide bonds. The molecule has 0 aromatic heterocycles. The van der Waals surface area contributed by atoms with E-state index < -0.39 is 11.5 Å². The van der Waals surface area contributed by atoms with Crippen molar-refractivity contribution in [1.82, 2.24) is 0 Å². The summed E-state index contributed by atoms with van der Waals surface area (Å²) in [6.45, 7) is 5.43. The molecule has 0 aliphatic carbocycles. The number of aliphatic hydroxyl groups is 1. The van der Waals surface area contributed by atoms with Crippen molar-refractivity contribution < 1.29 is 5.11 Å². The van der Waals surface area contributed by atoms with Gasteiger partial charge in [-0.15, -0.1) is 0 Å². The number of nitrogens with zero attached hydrogens (tertiary/aromatic N) is 1. The van der Waals surface area contributed by atoms with Crippen molar-refractivity contribution in [2.45, 2.75) is 26.9 Å². The number of benzene rings is 1. The summed E-state index contributed by atoms with van der Waals surface area (Å²) < 4.78 is 0.846. The third-order valence-electron chi connectivity index (χ3n) is 2.42. The molecule has 0 radical (unpaired) electrons. The van der Waals surface area contributed by atoms with Crippen LogP contribution in [0.15, 0.2) is 22.7 Å². The molecule has 0 saturated heterocycles. The van der Waals surface area contributed by atoms with Crippen molar-refractivity contribution in [3.63, 3.8) is 0 Å². The molecule has 3 heteroatoms. The zero-order valence-corrected chi connectivity index (χ0v) is 10.7. The van der Waals surface area contributed by atoms with E-state index in [9.17, 15) is 5.11 Å². The zero-order chi connectivity index (χ0) is 11.6. The third-order valence-corrected chi connectivity index (χ3v) is 3.11. The van der Waals surface area contributed by atoms with Gasteiger partial charge in [0.15, 0.2) is 0 Å². The lowest BCUT2D eigenvalue weighted by atomic mass is 9.84. The van der Waals surface area contributed by atoms with E-state index in [1.165, 1.54) is 0 Å². The van der Waals surface area contributed by atoms with E-state index in [0.717, 1.165) is 15.6 Å². The van der Waals surface area contributed by atoms with Gasteiger partial charge < -0.3 is 5.11 Å². The molecule has 0 bridgehead atoms. The van der Waals surface area contributed by atoms with E-state index in [4.69, 9.17) is 5.26 Å². The van der Waals surface area contributed by atoms with Gasteiger partial charge in [-0.25, -0.2) is 0 Å². The van der Waals surface area contributed by atoms with Gasteiger partial charge in [-0.05, 0) is 38.0 Å². The highest BCUT2D eigenvalue weighted by atomic mass is 79.9. The summed E-state index contributed by atoms with van der Waals surface area (Å²) in [6, 6.07) is 7.82. The first kappa shape index (κ1) is 12.2. The molecule has 0 aliphatic rings. The Morgan fingerprint density at radius 2 is 2.07 bits per heavy atom. The van der Waals surface area contributed by atoms with Gasteiger partial charge in [0.2, 0.25) is 0 Å². The van der Waals surface area contributed by atoms with Crippen LogP contribution in [0.5, 0.6) is 0 Å². The van der Waals surface area contributed by atoms with Gasteiger partial charge in [0.05, 0.1) is 17.6 Å². The molecule has 1 aromatic rings. The predicted octanol–water partition coefficient (Wildman–Crippen LogP) is 3.34. The van der Waals surface area contributed by atoms with Crippen LogP contribution >= 0.6 is 15.9 Å². The van der Waals surface area contributed by atoms with Crippen LogP contribution in [0.25, 0.3) is 0 Å². The second-order valence-corrected chi connectivity index (χ2v) is 5.12. The van der Waals surface area contributed by atoms with Crippen LogP contribution < -0.4 is 0 Å². The second kappa shape index (κ2) is 4.34. The van der Waals surface area contributed by atoms with Crippen molar-refractivity contribution >= 4 is 15.9 Å². The Bertz CT molecular complexity index is 407. The van der Waals surface area contributed by atoms with Crippen molar-refractivity contribution in [2.75, 3.05) is 0 Å². The maximum Gasteiger partial charge on any atom is 0.0981 e. The molecule has 80 valence electrons. The minimum absolute atomic E-state index is 0.757. The fourth-order valence-corrected chi connectivity index (χ4v) is 2.01. The number of nitriles is 1. The van der Waals surface area contributed by atoms with E-state index in [-0.39, 0.29) is 0 Å². The fraction of sp³-hybridized carbons (Fsp3) is 0.417. The molecular formula is C12H14BrNO. The molecule has 0 heterocycles. The largest absolute Gasteiger partial charge is 0.387 e. The number of halogens is 1. The zero-order valence-electron chi connectivity index (χ0n) is 9.08. The minimum atomic E-state index is -0.780. The van der Waals surface area contributed by atoms with Crippen LogP contribution in [0.4, 0.5) is 0 Å².